The van der Waals surface area contributed by atoms with Crippen LogP contribution in [0.4, 0.5) is 9.18 Å². The minimum Gasteiger partial charge on any atom is -0.444 e. The Morgan fingerprint density at radius 1 is 1.46 bits per heavy atom. The zero-order valence-electron chi connectivity index (χ0n) is 16.4. The summed E-state index contributed by atoms with van der Waals surface area (Å²) in [5.74, 6) is -0.551. The van der Waals surface area contributed by atoms with Crippen molar-refractivity contribution in [2.24, 2.45) is 5.73 Å². The van der Waals surface area contributed by atoms with Crippen LogP contribution in [-0.2, 0) is 4.74 Å². The van der Waals surface area contributed by atoms with Crippen molar-refractivity contribution in [3.63, 3.8) is 0 Å². The third-order valence-electron chi connectivity index (χ3n) is 4.61. The lowest BCUT2D eigenvalue weighted by Gasteiger charge is -2.30. The fourth-order valence-corrected chi connectivity index (χ4v) is 3.64. The Morgan fingerprint density at radius 3 is 2.75 bits per heavy atom. The lowest BCUT2D eigenvalue weighted by Crippen LogP contribution is -2.39. The fourth-order valence-electron chi connectivity index (χ4n) is 3.41. The van der Waals surface area contributed by atoms with Crippen molar-refractivity contribution in [3.8, 4) is 0 Å². The minimum atomic E-state index is -1.35. The first-order valence-electron chi connectivity index (χ1n) is 9.10. The summed E-state index contributed by atoms with van der Waals surface area (Å²) in [5.41, 5.74) is 7.29. The molecule has 152 valence electrons. The number of rotatable bonds is 2. The lowest BCUT2D eigenvalue weighted by atomic mass is 9.95. The molecule has 0 aliphatic carbocycles. The Hall–Kier alpha value is -2.09. The molecule has 3 rings (SSSR count). The molecule has 2 heterocycles. The number of nitrogens with two attached hydrogens (primary N) is 1. The molecule has 0 spiro atoms. The number of ether oxygens (including phenoxy) is 1. The van der Waals surface area contributed by atoms with Gasteiger partial charge in [-0.2, -0.15) is 0 Å². The van der Waals surface area contributed by atoms with Crippen LogP contribution in [0.1, 0.15) is 50.2 Å². The van der Waals surface area contributed by atoms with E-state index >= 15 is 4.39 Å². The van der Waals surface area contributed by atoms with E-state index in [9.17, 15) is 9.90 Å². The van der Waals surface area contributed by atoms with Gasteiger partial charge in [0.1, 0.15) is 17.6 Å². The second-order valence-electron chi connectivity index (χ2n) is 8.00. The monoisotopic (exact) mass is 409 g/mol. The number of benzene rings is 1. The van der Waals surface area contributed by atoms with E-state index in [1.165, 1.54) is 6.07 Å². The SMILES string of the molecule is Cc1[nH]c2c(C(N)O)cc(F)c(C3=CCCN(C(=O)OC(C)(C)C)C3)c2c1Cl. The average molecular weight is 410 g/mol. The average Bonchev–Trinajstić information content (AvgIpc) is 2.88. The number of aliphatic hydroxyl groups excluding tert-OH is 1. The molecule has 0 fully saturated rings. The number of amides is 1. The summed E-state index contributed by atoms with van der Waals surface area (Å²) in [6.45, 7) is 7.85. The summed E-state index contributed by atoms with van der Waals surface area (Å²) in [7, 11) is 0. The van der Waals surface area contributed by atoms with Crippen molar-refractivity contribution in [2.75, 3.05) is 13.1 Å². The van der Waals surface area contributed by atoms with E-state index in [4.69, 9.17) is 22.1 Å². The zero-order valence-corrected chi connectivity index (χ0v) is 17.2. The van der Waals surface area contributed by atoms with Gasteiger partial charge in [-0.3, -0.25) is 0 Å². The molecule has 1 amide bonds. The Bertz CT molecular complexity index is 960. The highest BCUT2D eigenvalue weighted by Gasteiger charge is 2.28. The molecule has 1 aliphatic rings. The van der Waals surface area contributed by atoms with E-state index in [-0.39, 0.29) is 12.1 Å². The molecule has 2 aromatic rings. The molecule has 1 aromatic heterocycles. The number of H-pyrrole nitrogens is 1. The lowest BCUT2D eigenvalue weighted by molar-refractivity contribution is 0.0273. The van der Waals surface area contributed by atoms with Gasteiger partial charge in [0.2, 0.25) is 0 Å². The standard InChI is InChI=1S/C20H25ClFN3O3/c1-10-16(21)15-14(13(22)8-12(18(23)26)17(15)24-10)11-6-5-7-25(9-11)19(27)28-20(2,3)4/h6,8,18,24,26H,5,7,9,23H2,1-4H3. The normalized spacial score (nSPS) is 16.3. The van der Waals surface area contributed by atoms with E-state index in [0.717, 1.165) is 0 Å². The summed E-state index contributed by atoms with van der Waals surface area (Å²) in [5, 5.41) is 10.7. The largest absolute Gasteiger partial charge is 0.444 e. The maximum absolute atomic E-state index is 15.1. The second kappa shape index (κ2) is 7.39. The summed E-state index contributed by atoms with van der Waals surface area (Å²) >= 11 is 6.45. The number of hydrogen-bond acceptors (Lipinski definition) is 4. The third-order valence-corrected chi connectivity index (χ3v) is 5.09. The molecule has 0 saturated heterocycles. The molecular weight excluding hydrogens is 385 g/mol. The second-order valence-corrected chi connectivity index (χ2v) is 8.38. The predicted octanol–water partition coefficient (Wildman–Crippen LogP) is 4.24. The highest BCUT2D eigenvalue weighted by molar-refractivity contribution is 6.37. The number of carbonyl (C=O) groups is 1. The van der Waals surface area contributed by atoms with Gasteiger partial charge in [-0.25, -0.2) is 9.18 Å². The Labute approximate surface area is 168 Å². The van der Waals surface area contributed by atoms with Gasteiger partial charge in [-0.15, -0.1) is 0 Å². The molecule has 0 radical (unpaired) electrons. The molecule has 4 N–H and O–H groups in total. The number of carbonyl (C=O) groups excluding carboxylic acids is 1. The van der Waals surface area contributed by atoms with E-state index in [1.807, 2.05) is 6.08 Å². The van der Waals surface area contributed by atoms with Gasteiger partial charge in [-0.1, -0.05) is 17.7 Å². The van der Waals surface area contributed by atoms with Crippen LogP contribution in [0.3, 0.4) is 0 Å². The first-order chi connectivity index (χ1) is 13.0. The maximum Gasteiger partial charge on any atom is 0.410 e. The minimum absolute atomic E-state index is 0.200. The first kappa shape index (κ1) is 20.6. The number of hydrogen-bond donors (Lipinski definition) is 3. The van der Waals surface area contributed by atoms with Crippen molar-refractivity contribution in [2.45, 2.75) is 45.9 Å². The van der Waals surface area contributed by atoms with Crippen molar-refractivity contribution < 1.29 is 19.0 Å². The highest BCUT2D eigenvalue weighted by Crippen LogP contribution is 2.39. The summed E-state index contributed by atoms with van der Waals surface area (Å²) in [6, 6.07) is 1.21. The number of nitrogens with one attached hydrogen (secondary N) is 1. The van der Waals surface area contributed by atoms with Gasteiger partial charge >= 0.3 is 6.09 Å². The van der Waals surface area contributed by atoms with Crippen LogP contribution in [-0.4, -0.2) is 39.8 Å². The molecule has 0 saturated carbocycles. The quantitative estimate of drug-likeness (QED) is 0.647. The number of aliphatic hydroxyl groups is 1. The van der Waals surface area contributed by atoms with Crippen LogP contribution in [0.25, 0.3) is 16.5 Å². The van der Waals surface area contributed by atoms with E-state index in [1.54, 1.807) is 32.6 Å². The molecule has 6 nitrogen and oxygen atoms in total. The smallest absolute Gasteiger partial charge is 0.410 e. The predicted molar refractivity (Wildman–Crippen MR) is 108 cm³/mol. The number of nitrogens with zero attached hydrogens (tertiary/aromatic N) is 1. The van der Waals surface area contributed by atoms with Gasteiger partial charge in [0.25, 0.3) is 0 Å². The van der Waals surface area contributed by atoms with Gasteiger partial charge in [0.15, 0.2) is 0 Å². The molecule has 0 bridgehead atoms. The molecule has 28 heavy (non-hydrogen) atoms. The topological polar surface area (TPSA) is 91.6 Å². The molecule has 1 atom stereocenters. The van der Waals surface area contributed by atoms with E-state index < -0.39 is 23.7 Å². The summed E-state index contributed by atoms with van der Waals surface area (Å²) in [6.07, 6.45) is 0.673. The van der Waals surface area contributed by atoms with Gasteiger partial charge in [-0.05, 0) is 45.8 Å². The van der Waals surface area contributed by atoms with Crippen molar-refractivity contribution in [1.82, 2.24) is 9.88 Å². The first-order valence-corrected chi connectivity index (χ1v) is 9.48. The van der Waals surface area contributed by atoms with E-state index in [0.29, 0.717) is 45.7 Å². The van der Waals surface area contributed by atoms with Crippen LogP contribution in [0, 0.1) is 12.7 Å². The molecule has 1 aliphatic heterocycles. The van der Waals surface area contributed by atoms with Crippen molar-refractivity contribution in [1.29, 1.82) is 0 Å². The van der Waals surface area contributed by atoms with E-state index in [2.05, 4.69) is 4.98 Å². The number of aromatic amines is 1. The number of halogens is 2. The molecule has 8 heteroatoms. The Kier molecular flexibility index (Phi) is 5.44. The maximum atomic E-state index is 15.1. The summed E-state index contributed by atoms with van der Waals surface area (Å²) < 4.78 is 20.5. The number of fused-ring (bicyclic) bond motifs is 1. The third kappa shape index (κ3) is 3.87. The summed E-state index contributed by atoms with van der Waals surface area (Å²) in [4.78, 5) is 17.1. The Balaban J connectivity index is 2.06. The van der Waals surface area contributed by atoms with Gasteiger partial charge < -0.3 is 25.5 Å². The number of aryl methyl sites for hydroxylation is 1. The van der Waals surface area contributed by atoms with Crippen LogP contribution in [0.5, 0.6) is 0 Å². The Morgan fingerprint density at radius 2 is 2.14 bits per heavy atom. The molecule has 1 unspecified atom stereocenters. The van der Waals surface area contributed by atoms with Crippen LogP contribution in [0.2, 0.25) is 5.02 Å². The highest BCUT2D eigenvalue weighted by atomic mass is 35.5. The molecular formula is C20H25ClFN3O3. The zero-order chi connectivity index (χ0) is 20.8. The van der Waals surface area contributed by atoms with Crippen molar-refractivity contribution >= 4 is 34.2 Å². The fraction of sp³-hybridized carbons (Fsp3) is 0.450. The van der Waals surface area contributed by atoms with Gasteiger partial charge in [0, 0.05) is 35.3 Å². The van der Waals surface area contributed by atoms with Gasteiger partial charge in [0.05, 0.1) is 10.5 Å². The van der Waals surface area contributed by atoms with Crippen molar-refractivity contribution in [3.05, 3.63) is 39.8 Å². The number of aromatic nitrogens is 1. The van der Waals surface area contributed by atoms with Crippen LogP contribution in [0.15, 0.2) is 12.1 Å². The van der Waals surface area contributed by atoms with Crippen LogP contribution >= 0.6 is 11.6 Å². The molecule has 1 aromatic carbocycles. The van der Waals surface area contributed by atoms with Crippen LogP contribution < -0.4 is 5.73 Å².